The van der Waals surface area contributed by atoms with Crippen LogP contribution < -0.4 is 5.32 Å². The number of nitrogens with zero attached hydrogens (tertiary/aromatic N) is 1. The Labute approximate surface area is 146 Å². The van der Waals surface area contributed by atoms with Crippen LogP contribution in [0, 0.1) is 12.3 Å². The molecule has 134 valence electrons. The second kappa shape index (κ2) is 7.04. The predicted molar refractivity (Wildman–Crippen MR) is 90.2 cm³/mol. The van der Waals surface area contributed by atoms with E-state index in [-0.39, 0.29) is 12.1 Å². The van der Waals surface area contributed by atoms with Crippen LogP contribution in [-0.4, -0.2) is 46.8 Å². The lowest BCUT2D eigenvalue weighted by molar-refractivity contribution is -0.149. The molecule has 1 aliphatic heterocycles. The van der Waals surface area contributed by atoms with Gasteiger partial charge in [0.1, 0.15) is 6.54 Å². The monoisotopic (exact) mass is 346 g/mol. The van der Waals surface area contributed by atoms with Crippen molar-refractivity contribution in [3.8, 4) is 0 Å². The summed E-state index contributed by atoms with van der Waals surface area (Å²) < 4.78 is 0. The molecule has 1 aromatic rings. The Morgan fingerprint density at radius 3 is 2.28 bits per heavy atom. The van der Waals surface area contributed by atoms with Crippen LogP contribution in [-0.2, 0) is 9.59 Å². The maximum Gasteiger partial charge on any atom is 0.311 e. The van der Waals surface area contributed by atoms with Gasteiger partial charge in [-0.3, -0.25) is 24.1 Å². The SMILES string of the molecule is CCC(CC)(CNC(=O)CN1C(=O)c2ccc(C)cc2C1=O)C(=O)O. The van der Waals surface area contributed by atoms with Crippen molar-refractivity contribution in [1.82, 2.24) is 10.2 Å². The average molecular weight is 346 g/mol. The van der Waals surface area contributed by atoms with Crippen molar-refractivity contribution in [3.63, 3.8) is 0 Å². The van der Waals surface area contributed by atoms with E-state index < -0.39 is 35.7 Å². The summed E-state index contributed by atoms with van der Waals surface area (Å²) in [4.78, 5) is 49.2. The minimum absolute atomic E-state index is 0.0452. The van der Waals surface area contributed by atoms with E-state index >= 15 is 0 Å². The molecule has 25 heavy (non-hydrogen) atoms. The predicted octanol–water partition coefficient (Wildman–Crippen LogP) is 1.60. The van der Waals surface area contributed by atoms with Crippen molar-refractivity contribution >= 4 is 23.7 Å². The Kier molecular flexibility index (Phi) is 5.25. The molecular weight excluding hydrogens is 324 g/mol. The lowest BCUT2D eigenvalue weighted by Gasteiger charge is -2.27. The molecule has 0 spiro atoms. The average Bonchev–Trinajstić information content (AvgIpc) is 2.80. The van der Waals surface area contributed by atoms with Crippen LogP contribution >= 0.6 is 0 Å². The molecule has 3 amide bonds. The highest BCUT2D eigenvalue weighted by atomic mass is 16.4. The quantitative estimate of drug-likeness (QED) is 0.730. The molecule has 0 saturated carbocycles. The molecule has 0 fully saturated rings. The second-order valence-corrected chi connectivity index (χ2v) is 6.31. The standard InChI is InChI=1S/C18H22N2O5/c1-4-18(5-2,17(24)25)10-19-14(21)9-20-15(22)12-7-6-11(3)8-13(12)16(20)23/h6-8H,4-5,9-10H2,1-3H3,(H,19,21)(H,24,25). The first-order valence-corrected chi connectivity index (χ1v) is 8.22. The van der Waals surface area contributed by atoms with E-state index in [9.17, 15) is 24.3 Å². The van der Waals surface area contributed by atoms with Gasteiger partial charge >= 0.3 is 5.97 Å². The molecule has 7 heteroatoms. The minimum Gasteiger partial charge on any atom is -0.481 e. The zero-order chi connectivity index (χ0) is 18.8. The van der Waals surface area contributed by atoms with Gasteiger partial charge < -0.3 is 10.4 Å². The minimum atomic E-state index is -1.05. The number of nitrogens with one attached hydrogen (secondary N) is 1. The number of aryl methyl sites for hydroxylation is 1. The molecule has 0 atom stereocenters. The number of fused-ring (bicyclic) bond motifs is 1. The zero-order valence-corrected chi connectivity index (χ0v) is 14.6. The molecule has 1 aliphatic rings. The summed E-state index contributed by atoms with van der Waals surface area (Å²) in [5, 5.41) is 11.9. The van der Waals surface area contributed by atoms with Crippen molar-refractivity contribution in [2.24, 2.45) is 5.41 Å². The molecule has 2 rings (SSSR count). The molecule has 0 aromatic heterocycles. The van der Waals surface area contributed by atoms with Crippen LogP contribution in [0.1, 0.15) is 53.0 Å². The van der Waals surface area contributed by atoms with Crippen molar-refractivity contribution in [3.05, 3.63) is 34.9 Å². The number of carbonyl (C=O) groups is 4. The van der Waals surface area contributed by atoms with Crippen molar-refractivity contribution in [2.75, 3.05) is 13.1 Å². The van der Waals surface area contributed by atoms with Gasteiger partial charge in [0.15, 0.2) is 0 Å². The van der Waals surface area contributed by atoms with Crippen LogP contribution in [0.25, 0.3) is 0 Å². The van der Waals surface area contributed by atoms with Gasteiger partial charge in [0, 0.05) is 6.54 Å². The number of carboxylic acids is 1. The van der Waals surface area contributed by atoms with Gasteiger partial charge in [-0.05, 0) is 31.9 Å². The Bertz CT molecular complexity index is 737. The first-order valence-electron chi connectivity index (χ1n) is 8.22. The number of amides is 3. The van der Waals surface area contributed by atoms with Gasteiger partial charge in [0.2, 0.25) is 5.91 Å². The number of hydrogen-bond donors (Lipinski definition) is 2. The highest BCUT2D eigenvalue weighted by Crippen LogP contribution is 2.26. The number of carboxylic acid groups (broad SMARTS) is 1. The van der Waals surface area contributed by atoms with E-state index in [1.807, 2.05) is 6.92 Å². The topological polar surface area (TPSA) is 104 Å². The molecule has 0 saturated heterocycles. The first kappa shape index (κ1) is 18.6. The Morgan fingerprint density at radius 2 is 1.72 bits per heavy atom. The molecule has 0 bridgehead atoms. The lowest BCUT2D eigenvalue weighted by atomic mass is 9.82. The highest BCUT2D eigenvalue weighted by molar-refractivity contribution is 6.22. The third kappa shape index (κ3) is 3.40. The maximum atomic E-state index is 12.3. The lowest BCUT2D eigenvalue weighted by Crippen LogP contribution is -2.46. The number of carbonyl (C=O) groups excluding carboxylic acids is 3. The number of aliphatic carboxylic acids is 1. The second-order valence-electron chi connectivity index (χ2n) is 6.31. The Balaban J connectivity index is 2.06. The van der Waals surface area contributed by atoms with E-state index in [2.05, 4.69) is 5.32 Å². The van der Waals surface area contributed by atoms with Crippen molar-refractivity contribution in [2.45, 2.75) is 33.6 Å². The first-order chi connectivity index (χ1) is 11.8. The van der Waals surface area contributed by atoms with Crippen LogP contribution in [0.4, 0.5) is 0 Å². The van der Waals surface area contributed by atoms with Gasteiger partial charge in [-0.1, -0.05) is 25.5 Å². The van der Waals surface area contributed by atoms with Crippen LogP contribution in [0.5, 0.6) is 0 Å². The van der Waals surface area contributed by atoms with Gasteiger partial charge in [-0.25, -0.2) is 0 Å². The van der Waals surface area contributed by atoms with Crippen molar-refractivity contribution in [1.29, 1.82) is 0 Å². The summed E-state index contributed by atoms with van der Waals surface area (Å²) in [5.74, 6) is -2.55. The molecule has 0 aliphatic carbocycles. The summed E-state index contributed by atoms with van der Waals surface area (Å²) in [6.07, 6.45) is 0.733. The third-order valence-electron chi connectivity index (χ3n) is 4.86. The van der Waals surface area contributed by atoms with E-state index in [1.165, 1.54) is 0 Å². The highest BCUT2D eigenvalue weighted by Gasteiger charge is 2.38. The van der Waals surface area contributed by atoms with Gasteiger partial charge in [0.25, 0.3) is 11.8 Å². The molecule has 1 aromatic carbocycles. The smallest absolute Gasteiger partial charge is 0.311 e. The molecular formula is C18H22N2O5. The summed E-state index contributed by atoms with van der Waals surface area (Å²) in [7, 11) is 0. The molecule has 7 nitrogen and oxygen atoms in total. The van der Waals surface area contributed by atoms with E-state index in [4.69, 9.17) is 0 Å². The summed E-state index contributed by atoms with van der Waals surface area (Å²) >= 11 is 0. The Hall–Kier alpha value is -2.70. The normalized spacial score (nSPS) is 13.8. The fourth-order valence-corrected chi connectivity index (χ4v) is 2.89. The van der Waals surface area contributed by atoms with Crippen LogP contribution in [0.2, 0.25) is 0 Å². The van der Waals surface area contributed by atoms with Crippen molar-refractivity contribution < 1.29 is 24.3 Å². The molecule has 1 heterocycles. The van der Waals surface area contributed by atoms with Crippen LogP contribution in [0.3, 0.4) is 0 Å². The van der Waals surface area contributed by atoms with Gasteiger partial charge in [-0.15, -0.1) is 0 Å². The summed E-state index contributed by atoms with van der Waals surface area (Å²) in [6, 6.07) is 4.93. The Morgan fingerprint density at radius 1 is 1.12 bits per heavy atom. The number of benzene rings is 1. The third-order valence-corrected chi connectivity index (χ3v) is 4.86. The van der Waals surface area contributed by atoms with E-state index in [1.54, 1.807) is 32.0 Å². The van der Waals surface area contributed by atoms with E-state index in [0.29, 0.717) is 18.4 Å². The number of imide groups is 1. The number of rotatable bonds is 7. The molecule has 0 unspecified atom stereocenters. The molecule has 0 radical (unpaired) electrons. The largest absolute Gasteiger partial charge is 0.481 e. The van der Waals surface area contributed by atoms with Gasteiger partial charge in [0.05, 0.1) is 16.5 Å². The van der Waals surface area contributed by atoms with E-state index in [0.717, 1.165) is 10.5 Å². The maximum absolute atomic E-state index is 12.3. The summed E-state index contributed by atoms with van der Waals surface area (Å²) in [5.41, 5.74) is 0.378. The fourth-order valence-electron chi connectivity index (χ4n) is 2.89. The van der Waals surface area contributed by atoms with Gasteiger partial charge in [-0.2, -0.15) is 0 Å². The zero-order valence-electron chi connectivity index (χ0n) is 14.6. The number of hydrogen-bond acceptors (Lipinski definition) is 4. The molecule has 2 N–H and O–H groups in total. The van der Waals surface area contributed by atoms with Crippen LogP contribution in [0.15, 0.2) is 18.2 Å². The fraction of sp³-hybridized carbons (Fsp3) is 0.444. The summed E-state index contributed by atoms with van der Waals surface area (Å²) in [6.45, 7) is 4.84.